The highest BCUT2D eigenvalue weighted by molar-refractivity contribution is 5.79. The number of aromatic nitrogens is 2. The summed E-state index contributed by atoms with van der Waals surface area (Å²) < 4.78 is 54.3. The Morgan fingerprint density at radius 3 is 2.38 bits per heavy atom. The zero-order valence-electron chi connectivity index (χ0n) is 15.5. The molecule has 0 saturated carbocycles. The van der Waals surface area contributed by atoms with E-state index in [2.05, 4.69) is 20.6 Å². The second kappa shape index (κ2) is 8.76. The summed E-state index contributed by atoms with van der Waals surface area (Å²) in [5.41, 5.74) is 0.846. The van der Waals surface area contributed by atoms with Crippen LogP contribution in [0.2, 0.25) is 0 Å². The molecule has 3 aromatic rings. The molecule has 0 aliphatic carbocycles. The van der Waals surface area contributed by atoms with Gasteiger partial charge in [-0.05, 0) is 35.4 Å². The molecule has 5 nitrogen and oxygen atoms in total. The summed E-state index contributed by atoms with van der Waals surface area (Å²) in [5.74, 6) is -0.00396. The smallest absolute Gasteiger partial charge is 0.352 e. The summed E-state index contributed by atoms with van der Waals surface area (Å²) in [6, 6.07) is 9.89. The summed E-state index contributed by atoms with van der Waals surface area (Å²) in [4.78, 5) is 7.93. The molecule has 3 rings (SSSR count). The quantitative estimate of drug-likeness (QED) is 0.385. The first kappa shape index (κ1) is 20.4. The fourth-order valence-corrected chi connectivity index (χ4v) is 2.72. The molecule has 0 amide bonds. The maximum absolute atomic E-state index is 14.3. The van der Waals surface area contributed by atoms with Crippen LogP contribution in [0.3, 0.4) is 0 Å². The van der Waals surface area contributed by atoms with Crippen LogP contribution in [-0.2, 0) is 19.3 Å². The molecule has 0 unspecified atom stereocenters. The molecule has 0 saturated heterocycles. The molecule has 0 radical (unpaired) electrons. The molecule has 29 heavy (non-hydrogen) atoms. The number of nitrogens with one attached hydrogen (secondary N) is 2. The van der Waals surface area contributed by atoms with Gasteiger partial charge in [0.15, 0.2) is 5.96 Å². The number of guanidine groups is 1. The third kappa shape index (κ3) is 5.34. The third-order valence-corrected chi connectivity index (χ3v) is 4.19. The molecule has 0 aliphatic rings. The van der Waals surface area contributed by atoms with Gasteiger partial charge in [0.05, 0.1) is 17.6 Å². The SMILES string of the molecule is CN=C(NCc1cccc(C(F)(F)F)c1)NCc1ccc(-n2ccnc2)c(F)c1. The molecule has 0 fully saturated rings. The number of rotatable bonds is 5. The van der Waals surface area contributed by atoms with E-state index in [1.165, 1.54) is 18.5 Å². The largest absolute Gasteiger partial charge is 0.416 e. The van der Waals surface area contributed by atoms with E-state index in [0.717, 1.165) is 12.1 Å². The van der Waals surface area contributed by atoms with Crippen LogP contribution in [0, 0.1) is 5.82 Å². The van der Waals surface area contributed by atoms with E-state index in [-0.39, 0.29) is 6.54 Å². The molecule has 0 spiro atoms. The standard InChI is InChI=1S/C20H19F4N5/c1-25-19(27-11-14-3-2-4-16(9-14)20(22,23)24)28-12-15-5-6-18(17(21)10-15)29-8-7-26-13-29/h2-10,13H,11-12H2,1H3,(H2,25,27,28). The number of hydrogen-bond donors (Lipinski definition) is 2. The van der Waals surface area contributed by atoms with Crippen LogP contribution in [0.5, 0.6) is 0 Å². The number of halogens is 4. The van der Waals surface area contributed by atoms with Gasteiger partial charge >= 0.3 is 6.18 Å². The topological polar surface area (TPSA) is 54.2 Å². The van der Waals surface area contributed by atoms with Crippen LogP contribution in [0.1, 0.15) is 16.7 Å². The molecule has 152 valence electrons. The lowest BCUT2D eigenvalue weighted by Crippen LogP contribution is -2.36. The Kier molecular flexibility index (Phi) is 6.16. The molecule has 9 heteroatoms. The van der Waals surface area contributed by atoms with E-state index in [4.69, 9.17) is 0 Å². The van der Waals surface area contributed by atoms with Crippen LogP contribution < -0.4 is 10.6 Å². The molecule has 2 N–H and O–H groups in total. The van der Waals surface area contributed by atoms with Crippen molar-refractivity contribution in [2.75, 3.05) is 7.05 Å². The van der Waals surface area contributed by atoms with E-state index in [1.54, 1.807) is 42.2 Å². The van der Waals surface area contributed by atoms with Crippen LogP contribution in [-0.4, -0.2) is 22.6 Å². The van der Waals surface area contributed by atoms with Gasteiger partial charge in [0.25, 0.3) is 0 Å². The normalized spacial score (nSPS) is 12.1. The molecule has 1 aromatic heterocycles. The van der Waals surface area contributed by atoms with Crippen LogP contribution in [0.25, 0.3) is 5.69 Å². The Morgan fingerprint density at radius 1 is 1.07 bits per heavy atom. The van der Waals surface area contributed by atoms with Crippen LogP contribution in [0.15, 0.2) is 66.2 Å². The number of aliphatic imine (C=N–C) groups is 1. The first-order valence-corrected chi connectivity index (χ1v) is 8.74. The zero-order chi connectivity index (χ0) is 20.9. The number of benzene rings is 2. The third-order valence-electron chi connectivity index (χ3n) is 4.19. The Bertz CT molecular complexity index is 981. The van der Waals surface area contributed by atoms with Crippen LogP contribution in [0.4, 0.5) is 17.6 Å². The molecule has 0 bridgehead atoms. The van der Waals surface area contributed by atoms with Gasteiger partial charge in [-0.3, -0.25) is 4.99 Å². The number of nitrogens with zero attached hydrogens (tertiary/aromatic N) is 3. The second-order valence-electron chi connectivity index (χ2n) is 6.23. The highest BCUT2D eigenvalue weighted by Crippen LogP contribution is 2.29. The van der Waals surface area contributed by atoms with Gasteiger partial charge < -0.3 is 15.2 Å². The highest BCUT2D eigenvalue weighted by Gasteiger charge is 2.30. The fraction of sp³-hybridized carbons (Fsp3) is 0.200. The maximum Gasteiger partial charge on any atom is 0.416 e. The lowest BCUT2D eigenvalue weighted by atomic mass is 10.1. The maximum atomic E-state index is 14.3. The summed E-state index contributed by atoms with van der Waals surface area (Å²) in [7, 11) is 1.55. The molecule has 0 atom stereocenters. The minimum absolute atomic E-state index is 0.164. The van der Waals surface area contributed by atoms with Crippen molar-refractivity contribution < 1.29 is 17.6 Å². The second-order valence-corrected chi connectivity index (χ2v) is 6.23. The Labute approximate surface area is 165 Å². The summed E-state index contributed by atoms with van der Waals surface area (Å²) >= 11 is 0. The molecule has 2 aromatic carbocycles. The zero-order valence-corrected chi connectivity index (χ0v) is 15.5. The van der Waals surface area contributed by atoms with Gasteiger partial charge in [-0.25, -0.2) is 9.37 Å². The van der Waals surface area contributed by atoms with Crippen molar-refractivity contribution in [2.24, 2.45) is 4.99 Å². The average Bonchev–Trinajstić information content (AvgIpc) is 3.22. The molecule has 1 heterocycles. The van der Waals surface area contributed by atoms with Crippen molar-refractivity contribution in [3.8, 4) is 5.69 Å². The average molecular weight is 405 g/mol. The first-order chi connectivity index (χ1) is 13.9. The van der Waals surface area contributed by atoms with Crippen LogP contribution >= 0.6 is 0 Å². The van der Waals surface area contributed by atoms with E-state index < -0.39 is 17.6 Å². The predicted octanol–water partition coefficient (Wildman–Crippen LogP) is 3.90. The Balaban J connectivity index is 1.58. The minimum Gasteiger partial charge on any atom is -0.352 e. The monoisotopic (exact) mass is 405 g/mol. The van der Waals surface area contributed by atoms with E-state index in [0.29, 0.717) is 29.3 Å². The number of imidazole rings is 1. The summed E-state index contributed by atoms with van der Waals surface area (Å²) in [6.45, 7) is 0.459. The van der Waals surface area contributed by atoms with Crippen molar-refractivity contribution in [2.45, 2.75) is 19.3 Å². The number of hydrogen-bond acceptors (Lipinski definition) is 2. The highest BCUT2D eigenvalue weighted by atomic mass is 19.4. The van der Waals surface area contributed by atoms with Gasteiger partial charge in [-0.15, -0.1) is 0 Å². The van der Waals surface area contributed by atoms with Gasteiger partial charge in [-0.2, -0.15) is 13.2 Å². The molecule has 0 aliphatic heterocycles. The Hall–Kier alpha value is -3.36. The van der Waals surface area contributed by atoms with Gasteiger partial charge in [0, 0.05) is 32.5 Å². The van der Waals surface area contributed by atoms with E-state index in [9.17, 15) is 17.6 Å². The van der Waals surface area contributed by atoms with Crippen molar-refractivity contribution in [1.29, 1.82) is 0 Å². The van der Waals surface area contributed by atoms with Gasteiger partial charge in [0.2, 0.25) is 0 Å². The Morgan fingerprint density at radius 2 is 1.79 bits per heavy atom. The summed E-state index contributed by atoms with van der Waals surface area (Å²) in [6.07, 6.45) is 0.337. The van der Waals surface area contributed by atoms with E-state index >= 15 is 0 Å². The minimum atomic E-state index is -4.39. The van der Waals surface area contributed by atoms with Gasteiger partial charge in [-0.1, -0.05) is 18.2 Å². The lowest BCUT2D eigenvalue weighted by Gasteiger charge is -2.14. The fourth-order valence-electron chi connectivity index (χ4n) is 2.72. The summed E-state index contributed by atoms with van der Waals surface area (Å²) in [5, 5.41) is 5.96. The number of alkyl halides is 3. The molecular weight excluding hydrogens is 386 g/mol. The van der Waals surface area contributed by atoms with E-state index in [1.807, 2.05) is 0 Å². The van der Waals surface area contributed by atoms with Crippen molar-refractivity contribution in [1.82, 2.24) is 20.2 Å². The van der Waals surface area contributed by atoms with Crippen molar-refractivity contribution in [3.05, 3.63) is 83.7 Å². The van der Waals surface area contributed by atoms with Crippen molar-refractivity contribution in [3.63, 3.8) is 0 Å². The first-order valence-electron chi connectivity index (χ1n) is 8.74. The predicted molar refractivity (Wildman–Crippen MR) is 102 cm³/mol. The molecular formula is C20H19F4N5. The lowest BCUT2D eigenvalue weighted by molar-refractivity contribution is -0.137. The van der Waals surface area contributed by atoms with Crippen molar-refractivity contribution >= 4 is 5.96 Å². The van der Waals surface area contributed by atoms with Gasteiger partial charge in [0.1, 0.15) is 5.82 Å².